The van der Waals surface area contributed by atoms with E-state index in [0.717, 1.165) is 13.0 Å². The van der Waals surface area contributed by atoms with Crippen LogP contribution in [0.15, 0.2) is 23.8 Å². The first-order valence-electron chi connectivity index (χ1n) is 3.84. The second-order valence-corrected chi connectivity index (χ2v) is 3.44. The molecule has 1 aliphatic heterocycles. The molecule has 1 amide bonds. The number of hydrogen-bond donors (Lipinski definition) is 1. The summed E-state index contributed by atoms with van der Waals surface area (Å²) in [6, 6.07) is 0. The number of allylic oxidation sites excluding steroid dienone is 2. The van der Waals surface area contributed by atoms with E-state index >= 15 is 0 Å². The maximum absolute atomic E-state index is 10.4. The summed E-state index contributed by atoms with van der Waals surface area (Å²) in [6.45, 7) is 0.869. The molecule has 1 heterocycles. The van der Waals surface area contributed by atoms with Gasteiger partial charge in [0.25, 0.3) is 0 Å². The molecule has 1 rings (SSSR count). The molecule has 0 atom stereocenters. The van der Waals surface area contributed by atoms with Crippen LogP contribution in [-0.2, 0) is 4.79 Å². The molecule has 0 spiro atoms. The average molecular weight is 184 g/mol. The third-order valence-corrected chi connectivity index (χ3v) is 2.29. The Kier molecular flexibility index (Phi) is 3.73. The fourth-order valence-electron chi connectivity index (χ4n) is 0.876. The molecule has 4 heteroatoms. The van der Waals surface area contributed by atoms with E-state index in [2.05, 4.69) is 4.31 Å². The van der Waals surface area contributed by atoms with Gasteiger partial charge in [-0.1, -0.05) is 6.08 Å². The predicted octanol–water partition coefficient (Wildman–Crippen LogP) is 1.24. The molecule has 66 valence electrons. The van der Waals surface area contributed by atoms with Gasteiger partial charge < -0.3 is 10.0 Å². The highest BCUT2D eigenvalue weighted by Gasteiger charge is 2.01. The highest BCUT2D eigenvalue weighted by atomic mass is 32.2. The number of amides is 1. The van der Waals surface area contributed by atoms with Crippen LogP contribution in [0, 0.1) is 0 Å². The standard InChI is InChI=1S/C8H12N2OS/c9-8(11)4-3-6-10-5-1-2-7-12-10/h1-2,5,7H,3-4,6H2,(H2,9,11). The minimum Gasteiger partial charge on any atom is -0.370 e. The summed E-state index contributed by atoms with van der Waals surface area (Å²) in [5, 5.41) is 2.00. The molecule has 0 aromatic carbocycles. The van der Waals surface area contributed by atoms with Crippen LogP contribution in [0.25, 0.3) is 0 Å². The van der Waals surface area contributed by atoms with Crippen molar-refractivity contribution >= 4 is 17.9 Å². The van der Waals surface area contributed by atoms with Gasteiger partial charge in [-0.15, -0.1) is 0 Å². The van der Waals surface area contributed by atoms with Crippen LogP contribution in [0.2, 0.25) is 0 Å². The Bertz CT molecular complexity index is 213. The zero-order valence-corrected chi connectivity index (χ0v) is 7.59. The molecule has 12 heavy (non-hydrogen) atoms. The van der Waals surface area contributed by atoms with Crippen molar-refractivity contribution in [3.63, 3.8) is 0 Å². The molecule has 0 bridgehead atoms. The van der Waals surface area contributed by atoms with Crippen molar-refractivity contribution in [3.8, 4) is 0 Å². The van der Waals surface area contributed by atoms with Crippen molar-refractivity contribution in [1.29, 1.82) is 0 Å². The third-order valence-electron chi connectivity index (χ3n) is 1.44. The van der Waals surface area contributed by atoms with Crippen molar-refractivity contribution in [2.45, 2.75) is 12.8 Å². The van der Waals surface area contributed by atoms with Crippen LogP contribution in [0.3, 0.4) is 0 Å². The Balaban J connectivity index is 2.11. The molecule has 0 saturated heterocycles. The summed E-state index contributed by atoms with van der Waals surface area (Å²) in [4.78, 5) is 10.4. The second kappa shape index (κ2) is 4.87. The normalized spacial score (nSPS) is 15.2. The molecular weight excluding hydrogens is 172 g/mol. The van der Waals surface area contributed by atoms with Gasteiger partial charge >= 0.3 is 0 Å². The fraction of sp³-hybridized carbons (Fsp3) is 0.375. The molecule has 3 nitrogen and oxygen atoms in total. The van der Waals surface area contributed by atoms with Crippen LogP contribution in [0.1, 0.15) is 12.8 Å². The molecule has 1 aliphatic rings. The number of primary amides is 1. The van der Waals surface area contributed by atoms with Crippen LogP contribution in [0.4, 0.5) is 0 Å². The summed E-state index contributed by atoms with van der Waals surface area (Å²) in [5.41, 5.74) is 5.01. The van der Waals surface area contributed by atoms with Crippen LogP contribution >= 0.6 is 11.9 Å². The van der Waals surface area contributed by atoms with E-state index in [1.807, 2.05) is 23.8 Å². The lowest BCUT2D eigenvalue weighted by Crippen LogP contribution is -2.15. The zero-order valence-electron chi connectivity index (χ0n) is 6.77. The zero-order chi connectivity index (χ0) is 8.81. The SMILES string of the molecule is NC(=O)CCCN1C=CC=CS1. The quantitative estimate of drug-likeness (QED) is 0.669. The molecule has 0 aliphatic carbocycles. The van der Waals surface area contributed by atoms with E-state index in [1.54, 1.807) is 11.9 Å². The summed E-state index contributed by atoms with van der Waals surface area (Å²) >= 11 is 1.63. The smallest absolute Gasteiger partial charge is 0.217 e. The molecule has 0 unspecified atom stereocenters. The van der Waals surface area contributed by atoms with Crippen molar-refractivity contribution in [3.05, 3.63) is 23.8 Å². The van der Waals surface area contributed by atoms with E-state index in [4.69, 9.17) is 5.73 Å². The first-order chi connectivity index (χ1) is 5.79. The maximum Gasteiger partial charge on any atom is 0.217 e. The number of rotatable bonds is 4. The minimum atomic E-state index is -0.225. The maximum atomic E-state index is 10.4. The highest BCUT2D eigenvalue weighted by Crippen LogP contribution is 2.16. The highest BCUT2D eigenvalue weighted by molar-refractivity contribution is 8.00. The van der Waals surface area contributed by atoms with Crippen molar-refractivity contribution < 1.29 is 4.79 Å². The lowest BCUT2D eigenvalue weighted by atomic mass is 10.3. The van der Waals surface area contributed by atoms with Gasteiger partial charge in [-0.3, -0.25) is 4.79 Å². The van der Waals surface area contributed by atoms with E-state index in [1.165, 1.54) is 0 Å². The van der Waals surface area contributed by atoms with Gasteiger partial charge in [0.15, 0.2) is 0 Å². The topological polar surface area (TPSA) is 46.3 Å². The number of carbonyl (C=O) groups is 1. The molecule has 0 aromatic rings. The van der Waals surface area contributed by atoms with Crippen LogP contribution in [-0.4, -0.2) is 16.8 Å². The molecule has 2 N–H and O–H groups in total. The number of hydrogen-bond acceptors (Lipinski definition) is 3. The van der Waals surface area contributed by atoms with Crippen molar-refractivity contribution in [1.82, 2.24) is 4.31 Å². The average Bonchev–Trinajstić information content (AvgIpc) is 2.05. The minimum absolute atomic E-state index is 0.225. The molecule has 0 fully saturated rings. The predicted molar refractivity (Wildman–Crippen MR) is 51.0 cm³/mol. The summed E-state index contributed by atoms with van der Waals surface area (Å²) < 4.78 is 2.07. The summed E-state index contributed by atoms with van der Waals surface area (Å²) in [6.07, 6.45) is 7.23. The van der Waals surface area contributed by atoms with Gasteiger partial charge in [0, 0.05) is 19.2 Å². The molecule has 0 aromatic heterocycles. The Morgan fingerprint density at radius 1 is 1.50 bits per heavy atom. The van der Waals surface area contributed by atoms with Crippen LogP contribution < -0.4 is 5.73 Å². The van der Waals surface area contributed by atoms with E-state index in [-0.39, 0.29) is 5.91 Å². The monoisotopic (exact) mass is 184 g/mol. The van der Waals surface area contributed by atoms with Gasteiger partial charge in [0.05, 0.1) is 0 Å². The Morgan fingerprint density at radius 2 is 2.33 bits per heavy atom. The molecule has 0 saturated carbocycles. The second-order valence-electron chi connectivity index (χ2n) is 2.49. The first kappa shape index (κ1) is 9.19. The van der Waals surface area contributed by atoms with E-state index in [0.29, 0.717) is 6.42 Å². The van der Waals surface area contributed by atoms with Gasteiger partial charge in [-0.2, -0.15) is 0 Å². The number of carbonyl (C=O) groups excluding carboxylic acids is 1. The van der Waals surface area contributed by atoms with E-state index in [9.17, 15) is 4.79 Å². The van der Waals surface area contributed by atoms with Gasteiger partial charge in [-0.05, 0) is 29.9 Å². The van der Waals surface area contributed by atoms with Gasteiger partial charge in [0.2, 0.25) is 5.91 Å². The Labute approximate surface area is 76.4 Å². The first-order valence-corrected chi connectivity index (χ1v) is 4.68. The fourth-order valence-corrected chi connectivity index (χ4v) is 1.57. The van der Waals surface area contributed by atoms with E-state index < -0.39 is 0 Å². The molecule has 0 radical (unpaired) electrons. The van der Waals surface area contributed by atoms with Crippen LogP contribution in [0.5, 0.6) is 0 Å². The van der Waals surface area contributed by atoms with Gasteiger partial charge in [0.1, 0.15) is 0 Å². The van der Waals surface area contributed by atoms with Crippen molar-refractivity contribution in [2.75, 3.05) is 6.54 Å². The Hall–Kier alpha value is -0.900. The lowest BCUT2D eigenvalue weighted by Gasteiger charge is -2.17. The third kappa shape index (κ3) is 3.48. The lowest BCUT2D eigenvalue weighted by molar-refractivity contribution is -0.118. The van der Waals surface area contributed by atoms with Gasteiger partial charge in [-0.25, -0.2) is 0 Å². The number of nitrogens with two attached hydrogens (primary N) is 1. The number of nitrogens with zero attached hydrogens (tertiary/aromatic N) is 1. The summed E-state index contributed by atoms with van der Waals surface area (Å²) in [5.74, 6) is -0.225. The Morgan fingerprint density at radius 3 is 2.92 bits per heavy atom. The van der Waals surface area contributed by atoms with Crippen molar-refractivity contribution in [2.24, 2.45) is 5.73 Å². The molecular formula is C8H12N2OS. The summed E-state index contributed by atoms with van der Waals surface area (Å²) in [7, 11) is 0. The largest absolute Gasteiger partial charge is 0.370 e.